The number of anilines is 3. The van der Waals surface area contributed by atoms with Crippen LogP contribution in [0, 0.1) is 6.92 Å². The summed E-state index contributed by atoms with van der Waals surface area (Å²) in [4.78, 5) is 27.3. The van der Waals surface area contributed by atoms with E-state index >= 15 is 0 Å². The highest BCUT2D eigenvalue weighted by Crippen LogP contribution is 2.35. The molecule has 9 heteroatoms. The van der Waals surface area contributed by atoms with E-state index in [1.54, 1.807) is 30.5 Å². The summed E-state index contributed by atoms with van der Waals surface area (Å²) in [7, 11) is 0. The van der Waals surface area contributed by atoms with Crippen LogP contribution in [0.25, 0.3) is 10.6 Å². The monoisotopic (exact) mass is 369 g/mol. The van der Waals surface area contributed by atoms with E-state index in [2.05, 4.69) is 20.3 Å². The first-order valence-electron chi connectivity index (χ1n) is 7.91. The van der Waals surface area contributed by atoms with Crippen LogP contribution in [0.3, 0.4) is 0 Å². The molecule has 0 aliphatic carbocycles. The van der Waals surface area contributed by atoms with Crippen molar-refractivity contribution < 1.29 is 14.6 Å². The number of carbonyl (C=O) groups excluding carboxylic acids is 1. The summed E-state index contributed by atoms with van der Waals surface area (Å²) in [6.45, 7) is 2.75. The third-order valence-electron chi connectivity index (χ3n) is 3.77. The van der Waals surface area contributed by atoms with Gasteiger partial charge < -0.3 is 15.2 Å². The summed E-state index contributed by atoms with van der Waals surface area (Å²) < 4.78 is 4.97. The predicted octanol–water partition coefficient (Wildman–Crippen LogP) is 3.31. The van der Waals surface area contributed by atoms with Crippen LogP contribution in [-0.4, -0.2) is 39.3 Å². The van der Waals surface area contributed by atoms with Crippen molar-refractivity contribution in [2.75, 3.05) is 23.4 Å². The summed E-state index contributed by atoms with van der Waals surface area (Å²) in [5.41, 5.74) is 2.17. The Bertz CT molecular complexity index is 975. The number of nitrogens with one attached hydrogen (secondary N) is 1. The lowest BCUT2D eigenvalue weighted by atomic mass is 10.3. The summed E-state index contributed by atoms with van der Waals surface area (Å²) in [5, 5.41) is 13.2. The molecule has 1 aromatic carbocycles. The number of cyclic esters (lactones) is 1. The quantitative estimate of drug-likeness (QED) is 0.727. The van der Waals surface area contributed by atoms with E-state index in [9.17, 15) is 9.90 Å². The third-order valence-corrected chi connectivity index (χ3v) is 4.97. The summed E-state index contributed by atoms with van der Waals surface area (Å²) in [6.07, 6.45) is 1.27. The molecule has 0 unspecified atom stereocenters. The van der Waals surface area contributed by atoms with Crippen molar-refractivity contribution in [3.63, 3.8) is 0 Å². The summed E-state index contributed by atoms with van der Waals surface area (Å²) in [6, 6.07) is 8.51. The lowest BCUT2D eigenvalue weighted by Gasteiger charge is -2.07. The van der Waals surface area contributed by atoms with Crippen LogP contribution in [0.2, 0.25) is 0 Å². The van der Waals surface area contributed by atoms with Gasteiger partial charge in [-0.25, -0.2) is 24.6 Å². The number of carbonyl (C=O) groups is 1. The molecule has 2 N–H and O–H groups in total. The molecule has 0 radical (unpaired) electrons. The molecule has 1 aliphatic heterocycles. The summed E-state index contributed by atoms with van der Waals surface area (Å²) in [5.74, 6) is 0.564. The molecule has 1 saturated heterocycles. The molecule has 0 spiro atoms. The minimum atomic E-state index is -0.376. The van der Waals surface area contributed by atoms with Crippen LogP contribution < -0.4 is 10.2 Å². The summed E-state index contributed by atoms with van der Waals surface area (Å²) >= 11 is 1.39. The van der Waals surface area contributed by atoms with Gasteiger partial charge in [0.25, 0.3) is 0 Å². The van der Waals surface area contributed by atoms with E-state index < -0.39 is 0 Å². The SMILES string of the molecule is Cc1nc(N2CCOC2=O)sc1-c1ccnc(Nc2cccc(O)c2)n1. The van der Waals surface area contributed by atoms with Gasteiger partial charge in [-0.3, -0.25) is 0 Å². The van der Waals surface area contributed by atoms with Crippen molar-refractivity contribution in [1.29, 1.82) is 0 Å². The molecule has 2 aromatic heterocycles. The van der Waals surface area contributed by atoms with Crippen LogP contribution in [0.5, 0.6) is 5.75 Å². The van der Waals surface area contributed by atoms with E-state index in [0.29, 0.717) is 35.6 Å². The Morgan fingerprint density at radius 3 is 2.96 bits per heavy atom. The number of thiazole rings is 1. The number of hydrogen-bond acceptors (Lipinski definition) is 8. The molecule has 26 heavy (non-hydrogen) atoms. The molecule has 1 aliphatic rings. The fourth-order valence-electron chi connectivity index (χ4n) is 2.56. The number of aryl methyl sites for hydroxylation is 1. The van der Waals surface area contributed by atoms with Gasteiger partial charge in [-0.1, -0.05) is 17.4 Å². The number of amides is 1. The van der Waals surface area contributed by atoms with Crippen LogP contribution >= 0.6 is 11.3 Å². The predicted molar refractivity (Wildman–Crippen MR) is 98.0 cm³/mol. The topological polar surface area (TPSA) is 100 Å². The number of benzene rings is 1. The van der Waals surface area contributed by atoms with Gasteiger partial charge in [0.1, 0.15) is 12.4 Å². The largest absolute Gasteiger partial charge is 0.508 e. The fourth-order valence-corrected chi connectivity index (χ4v) is 3.61. The van der Waals surface area contributed by atoms with Crippen LogP contribution in [0.1, 0.15) is 5.69 Å². The maximum atomic E-state index is 11.7. The maximum Gasteiger partial charge on any atom is 0.416 e. The van der Waals surface area contributed by atoms with Crippen molar-refractivity contribution in [1.82, 2.24) is 15.0 Å². The Morgan fingerprint density at radius 2 is 2.19 bits per heavy atom. The molecule has 132 valence electrons. The van der Waals surface area contributed by atoms with Crippen LogP contribution in [0.4, 0.5) is 21.6 Å². The zero-order chi connectivity index (χ0) is 18.1. The second kappa shape index (κ2) is 6.60. The van der Waals surface area contributed by atoms with Crippen molar-refractivity contribution in [3.8, 4) is 16.3 Å². The highest BCUT2D eigenvalue weighted by Gasteiger charge is 2.27. The first kappa shape index (κ1) is 16.3. The smallest absolute Gasteiger partial charge is 0.416 e. The highest BCUT2D eigenvalue weighted by atomic mass is 32.1. The normalized spacial score (nSPS) is 13.7. The minimum absolute atomic E-state index is 0.159. The first-order valence-corrected chi connectivity index (χ1v) is 8.73. The molecular formula is C17H15N5O3S. The Balaban J connectivity index is 1.62. The van der Waals surface area contributed by atoms with Crippen molar-refractivity contribution in [2.45, 2.75) is 6.92 Å². The van der Waals surface area contributed by atoms with Crippen molar-refractivity contribution in [2.24, 2.45) is 0 Å². The third kappa shape index (κ3) is 3.16. The fraction of sp³-hybridized carbons (Fsp3) is 0.176. The van der Waals surface area contributed by atoms with Gasteiger partial charge in [0.05, 0.1) is 22.8 Å². The molecule has 0 saturated carbocycles. The van der Waals surface area contributed by atoms with Gasteiger partial charge in [-0.05, 0) is 25.1 Å². The molecule has 4 rings (SSSR count). The minimum Gasteiger partial charge on any atom is -0.508 e. The Hall–Kier alpha value is -3.20. The van der Waals surface area contributed by atoms with Gasteiger partial charge in [0.15, 0.2) is 5.13 Å². The van der Waals surface area contributed by atoms with E-state index in [4.69, 9.17) is 4.74 Å². The molecule has 1 amide bonds. The molecule has 0 bridgehead atoms. The average Bonchev–Trinajstić information content (AvgIpc) is 3.20. The number of nitrogens with zero attached hydrogens (tertiary/aromatic N) is 4. The molecule has 3 heterocycles. The second-order valence-electron chi connectivity index (χ2n) is 5.62. The Labute approximate surface area is 153 Å². The van der Waals surface area contributed by atoms with Gasteiger partial charge in [0, 0.05) is 18.0 Å². The average molecular weight is 369 g/mol. The van der Waals surface area contributed by atoms with E-state index in [-0.39, 0.29) is 11.8 Å². The Kier molecular flexibility index (Phi) is 4.13. The highest BCUT2D eigenvalue weighted by molar-refractivity contribution is 7.19. The molecule has 1 fully saturated rings. The van der Waals surface area contributed by atoms with E-state index in [0.717, 1.165) is 10.6 Å². The number of aromatic hydroxyl groups is 1. The van der Waals surface area contributed by atoms with E-state index in [1.165, 1.54) is 16.2 Å². The molecular weight excluding hydrogens is 354 g/mol. The second-order valence-corrected chi connectivity index (χ2v) is 6.60. The zero-order valence-electron chi connectivity index (χ0n) is 13.8. The Morgan fingerprint density at radius 1 is 1.31 bits per heavy atom. The number of hydrogen-bond donors (Lipinski definition) is 2. The maximum absolute atomic E-state index is 11.7. The number of rotatable bonds is 4. The van der Waals surface area contributed by atoms with Gasteiger partial charge >= 0.3 is 6.09 Å². The molecule has 0 atom stereocenters. The van der Waals surface area contributed by atoms with Crippen LogP contribution in [-0.2, 0) is 4.74 Å². The number of aromatic nitrogens is 3. The van der Waals surface area contributed by atoms with Crippen LogP contribution in [0.15, 0.2) is 36.5 Å². The van der Waals surface area contributed by atoms with E-state index in [1.807, 2.05) is 13.0 Å². The zero-order valence-corrected chi connectivity index (χ0v) is 14.7. The number of phenols is 1. The molecule has 8 nitrogen and oxygen atoms in total. The number of ether oxygens (including phenoxy) is 1. The lowest BCUT2D eigenvalue weighted by Crippen LogP contribution is -2.22. The lowest BCUT2D eigenvalue weighted by molar-refractivity contribution is 0.181. The van der Waals surface area contributed by atoms with Gasteiger partial charge in [-0.2, -0.15) is 0 Å². The van der Waals surface area contributed by atoms with Gasteiger partial charge in [0.2, 0.25) is 5.95 Å². The standard InChI is InChI=1S/C17H15N5O3S/c1-10-14(26-16(19-10)22-7-8-25-17(22)24)13-5-6-18-15(21-13)20-11-3-2-4-12(23)9-11/h2-6,9,23H,7-8H2,1H3,(H,18,20,21). The van der Waals surface area contributed by atoms with Gasteiger partial charge in [-0.15, -0.1) is 0 Å². The van der Waals surface area contributed by atoms with Crippen molar-refractivity contribution >= 4 is 34.2 Å². The van der Waals surface area contributed by atoms with Crippen molar-refractivity contribution in [3.05, 3.63) is 42.2 Å². The number of phenolic OH excluding ortho intramolecular Hbond substituents is 1. The first-order chi connectivity index (χ1) is 12.6. The molecule has 3 aromatic rings.